The first kappa shape index (κ1) is 28.1. The van der Waals surface area contributed by atoms with Crippen molar-refractivity contribution in [2.45, 2.75) is 57.0 Å². The topological polar surface area (TPSA) is 187 Å². The predicted octanol–water partition coefficient (Wildman–Crippen LogP) is -0.269. The fourth-order valence-corrected chi connectivity index (χ4v) is 3.92. The summed E-state index contributed by atoms with van der Waals surface area (Å²) >= 11 is 1.54. The Balaban J connectivity index is 2.03. The number of nitrogens with one attached hydrogen (secondary N) is 4. The molecule has 12 heteroatoms. The van der Waals surface area contributed by atoms with Gasteiger partial charge in [-0.15, -0.1) is 0 Å². The Kier molecular flexibility index (Phi) is 10.6. The number of nitrogens with two attached hydrogens (primary N) is 1. The van der Waals surface area contributed by atoms with Crippen LogP contribution in [0.25, 0.3) is 10.9 Å². The van der Waals surface area contributed by atoms with Crippen molar-refractivity contribution in [3.05, 3.63) is 36.0 Å². The number of benzene rings is 1. The lowest BCUT2D eigenvalue weighted by Crippen LogP contribution is -2.59. The second kappa shape index (κ2) is 13.1. The molecule has 2 aromatic rings. The number of aliphatic hydroxyl groups excluding tert-OH is 1. The molecule has 0 aliphatic heterocycles. The minimum absolute atomic E-state index is 0.00798. The van der Waals surface area contributed by atoms with E-state index in [1.165, 1.54) is 13.8 Å². The van der Waals surface area contributed by atoms with Crippen LogP contribution in [0.15, 0.2) is 30.5 Å². The summed E-state index contributed by atoms with van der Waals surface area (Å²) in [6.45, 7) is 2.71. The normalized spacial score (nSPS) is 15.5. The number of carbonyl (C=O) groups excluding carboxylic acids is 3. The van der Waals surface area contributed by atoms with Crippen molar-refractivity contribution < 1.29 is 29.4 Å². The summed E-state index contributed by atoms with van der Waals surface area (Å²) in [7, 11) is 0. The summed E-state index contributed by atoms with van der Waals surface area (Å²) in [5, 5.41) is 27.8. The first-order chi connectivity index (χ1) is 16.5. The lowest BCUT2D eigenvalue weighted by molar-refractivity contribution is -0.143. The Hall–Kier alpha value is -3.09. The van der Waals surface area contributed by atoms with Gasteiger partial charge in [0.25, 0.3) is 0 Å². The highest BCUT2D eigenvalue weighted by Crippen LogP contribution is 2.19. The van der Waals surface area contributed by atoms with Gasteiger partial charge in [0, 0.05) is 23.5 Å². The monoisotopic (exact) mass is 507 g/mol. The molecule has 0 aliphatic carbocycles. The molecule has 1 heterocycles. The quantitative estimate of drug-likeness (QED) is 0.193. The van der Waals surface area contributed by atoms with Crippen molar-refractivity contribution in [2.75, 3.05) is 12.0 Å². The van der Waals surface area contributed by atoms with Gasteiger partial charge in [0.2, 0.25) is 17.7 Å². The molecule has 11 nitrogen and oxygen atoms in total. The van der Waals surface area contributed by atoms with Gasteiger partial charge in [-0.1, -0.05) is 18.2 Å². The van der Waals surface area contributed by atoms with Crippen LogP contribution < -0.4 is 21.7 Å². The number of aliphatic carboxylic acids is 1. The van der Waals surface area contributed by atoms with Gasteiger partial charge in [0.1, 0.15) is 18.1 Å². The van der Waals surface area contributed by atoms with E-state index in [0.717, 1.165) is 10.9 Å². The lowest BCUT2D eigenvalue weighted by atomic mass is 10.0. The van der Waals surface area contributed by atoms with Crippen LogP contribution in [0, 0.1) is 0 Å². The van der Waals surface area contributed by atoms with Gasteiger partial charge in [0.05, 0.1) is 12.1 Å². The fourth-order valence-electron chi connectivity index (χ4n) is 3.43. The number of hydrogen-bond acceptors (Lipinski definition) is 7. The summed E-state index contributed by atoms with van der Waals surface area (Å²) in [5.74, 6) is -2.68. The molecule has 2 rings (SSSR count). The van der Waals surface area contributed by atoms with Gasteiger partial charge in [-0.3, -0.25) is 14.4 Å². The highest BCUT2D eigenvalue weighted by atomic mass is 32.2. The SMILES string of the molecule is CSCCC(N)C(=O)NC(C)C(=O)NC(C(=O)NC(Cc1c[nH]c2ccccc12)C(=O)O)C(C)O. The number of rotatable bonds is 13. The zero-order valence-electron chi connectivity index (χ0n) is 19.9. The average Bonchev–Trinajstić information content (AvgIpc) is 3.22. The maximum absolute atomic E-state index is 12.8. The van der Waals surface area contributed by atoms with Crippen LogP contribution in [-0.4, -0.2) is 81.2 Å². The van der Waals surface area contributed by atoms with E-state index in [1.807, 2.05) is 30.5 Å². The Bertz CT molecular complexity index is 1040. The first-order valence-corrected chi connectivity index (χ1v) is 12.6. The van der Waals surface area contributed by atoms with E-state index in [2.05, 4.69) is 20.9 Å². The predicted molar refractivity (Wildman–Crippen MR) is 134 cm³/mol. The molecule has 3 amide bonds. The average molecular weight is 508 g/mol. The molecule has 0 spiro atoms. The van der Waals surface area contributed by atoms with Crippen molar-refractivity contribution in [1.82, 2.24) is 20.9 Å². The van der Waals surface area contributed by atoms with Gasteiger partial charge >= 0.3 is 5.97 Å². The van der Waals surface area contributed by atoms with Crippen LogP contribution >= 0.6 is 11.8 Å². The van der Waals surface area contributed by atoms with Crippen molar-refractivity contribution >= 4 is 46.4 Å². The number of carboxylic acid groups (broad SMARTS) is 1. The van der Waals surface area contributed by atoms with Crippen LogP contribution in [0.2, 0.25) is 0 Å². The molecule has 0 saturated carbocycles. The molecule has 0 fully saturated rings. The van der Waals surface area contributed by atoms with Crippen LogP contribution in [0.3, 0.4) is 0 Å². The second-order valence-electron chi connectivity index (χ2n) is 8.31. The van der Waals surface area contributed by atoms with Gasteiger partial charge in [-0.2, -0.15) is 11.8 Å². The van der Waals surface area contributed by atoms with Crippen molar-refractivity contribution in [2.24, 2.45) is 5.73 Å². The van der Waals surface area contributed by atoms with E-state index < -0.39 is 54.0 Å². The maximum atomic E-state index is 12.8. The number of aromatic amines is 1. The number of H-pyrrole nitrogens is 1. The van der Waals surface area contributed by atoms with Crippen molar-refractivity contribution in [3.63, 3.8) is 0 Å². The second-order valence-corrected chi connectivity index (χ2v) is 9.29. The third-order valence-corrected chi connectivity index (χ3v) is 6.14. The summed E-state index contributed by atoms with van der Waals surface area (Å²) in [4.78, 5) is 52.5. The molecule has 5 atom stereocenters. The summed E-state index contributed by atoms with van der Waals surface area (Å²) in [5.41, 5.74) is 7.33. The number of aliphatic hydroxyl groups is 1. The Morgan fingerprint density at radius 2 is 1.74 bits per heavy atom. The van der Waals surface area contributed by atoms with Gasteiger partial charge < -0.3 is 36.9 Å². The molecular weight excluding hydrogens is 474 g/mol. The zero-order chi connectivity index (χ0) is 26.1. The highest BCUT2D eigenvalue weighted by Gasteiger charge is 2.31. The summed E-state index contributed by atoms with van der Waals surface area (Å²) in [6, 6.07) is 2.81. The van der Waals surface area contributed by atoms with Gasteiger partial charge in [-0.05, 0) is 43.9 Å². The maximum Gasteiger partial charge on any atom is 0.326 e. The van der Waals surface area contributed by atoms with Gasteiger partial charge in [0.15, 0.2) is 0 Å². The summed E-state index contributed by atoms with van der Waals surface area (Å²) < 4.78 is 0. The molecule has 5 unspecified atom stereocenters. The Morgan fingerprint density at radius 1 is 1.06 bits per heavy atom. The number of para-hydroxylation sites is 1. The Morgan fingerprint density at radius 3 is 2.37 bits per heavy atom. The number of carbonyl (C=O) groups is 4. The largest absolute Gasteiger partial charge is 0.480 e. The number of amides is 3. The van der Waals surface area contributed by atoms with Crippen molar-refractivity contribution in [3.8, 4) is 0 Å². The highest BCUT2D eigenvalue weighted by molar-refractivity contribution is 7.98. The van der Waals surface area contributed by atoms with Gasteiger partial charge in [-0.25, -0.2) is 4.79 Å². The smallest absolute Gasteiger partial charge is 0.326 e. The fraction of sp³-hybridized carbons (Fsp3) is 0.478. The number of fused-ring (bicyclic) bond motifs is 1. The molecule has 0 aliphatic rings. The molecule has 1 aromatic heterocycles. The zero-order valence-corrected chi connectivity index (χ0v) is 20.7. The van der Waals surface area contributed by atoms with E-state index >= 15 is 0 Å². The molecule has 1 aromatic carbocycles. The molecule has 8 N–H and O–H groups in total. The third kappa shape index (κ3) is 7.98. The first-order valence-electron chi connectivity index (χ1n) is 11.2. The molecular formula is C23H33N5O6S. The van der Waals surface area contributed by atoms with E-state index in [1.54, 1.807) is 18.0 Å². The van der Waals surface area contributed by atoms with Crippen LogP contribution in [0.4, 0.5) is 0 Å². The molecule has 192 valence electrons. The number of thioether (sulfide) groups is 1. The summed E-state index contributed by atoms with van der Waals surface area (Å²) in [6.07, 6.45) is 2.67. The van der Waals surface area contributed by atoms with Crippen LogP contribution in [-0.2, 0) is 25.6 Å². The molecule has 0 saturated heterocycles. The Labute approximate surface area is 207 Å². The minimum Gasteiger partial charge on any atom is -0.480 e. The number of aromatic nitrogens is 1. The van der Waals surface area contributed by atoms with E-state index in [-0.39, 0.29) is 6.42 Å². The van der Waals surface area contributed by atoms with Crippen molar-refractivity contribution in [1.29, 1.82) is 0 Å². The standard InChI is InChI=1S/C23H33N5O6S/c1-12(26-21(31)16(24)8-9-35-3)20(30)28-19(13(2)29)22(32)27-18(23(33)34)10-14-11-25-17-7-5-4-6-15(14)17/h4-7,11-13,16,18-19,25,29H,8-10,24H2,1-3H3,(H,26,31)(H,27,32)(H,28,30)(H,33,34). The van der Waals surface area contributed by atoms with Crippen LogP contribution in [0.1, 0.15) is 25.8 Å². The van der Waals surface area contributed by atoms with E-state index in [4.69, 9.17) is 5.73 Å². The molecule has 0 bridgehead atoms. The third-order valence-electron chi connectivity index (χ3n) is 5.50. The minimum atomic E-state index is -1.43. The molecule has 0 radical (unpaired) electrons. The number of hydrogen-bond donors (Lipinski definition) is 7. The molecule has 35 heavy (non-hydrogen) atoms. The van der Waals surface area contributed by atoms with E-state index in [9.17, 15) is 29.4 Å². The lowest BCUT2D eigenvalue weighted by Gasteiger charge is -2.25. The number of carboxylic acids is 1. The van der Waals surface area contributed by atoms with E-state index in [0.29, 0.717) is 17.7 Å². The van der Waals surface area contributed by atoms with Crippen LogP contribution in [0.5, 0.6) is 0 Å².